The van der Waals surface area contributed by atoms with Gasteiger partial charge < -0.3 is 10.1 Å². The Balaban J connectivity index is 1.51. The minimum atomic E-state index is -0.928. The summed E-state index contributed by atoms with van der Waals surface area (Å²) in [5.74, 6) is -1.34. The monoisotopic (exact) mass is 401 g/mol. The Kier molecular flexibility index (Phi) is 6.75. The minimum Gasteiger partial charge on any atom is -0.453 e. The molecule has 0 aliphatic rings. The standard InChI is InChI=1S/C25H23NO4/c1-17-8-10-21(11-9-17)24(28)18(2)30-23(27)16-26-25(29)22-14-12-20(13-15-22)19-6-4-3-5-7-19/h3-15,18H,16H2,1-2H3,(H,26,29)/t18-/m0/s1. The summed E-state index contributed by atoms with van der Waals surface area (Å²) >= 11 is 0. The fourth-order valence-corrected chi connectivity index (χ4v) is 2.94. The Morgan fingerprint density at radius 1 is 0.800 bits per heavy atom. The summed E-state index contributed by atoms with van der Waals surface area (Å²) in [5.41, 5.74) is 4.00. The molecule has 3 aromatic carbocycles. The van der Waals surface area contributed by atoms with Gasteiger partial charge in [0.1, 0.15) is 6.54 Å². The van der Waals surface area contributed by atoms with Crippen LogP contribution in [0.5, 0.6) is 0 Å². The van der Waals surface area contributed by atoms with E-state index < -0.39 is 12.1 Å². The minimum absolute atomic E-state index is 0.286. The first-order valence-electron chi connectivity index (χ1n) is 9.68. The zero-order chi connectivity index (χ0) is 21.5. The van der Waals surface area contributed by atoms with Gasteiger partial charge in [0.15, 0.2) is 6.10 Å². The van der Waals surface area contributed by atoms with Gasteiger partial charge in [-0.2, -0.15) is 0 Å². The van der Waals surface area contributed by atoms with E-state index >= 15 is 0 Å². The predicted molar refractivity (Wildman–Crippen MR) is 115 cm³/mol. The van der Waals surface area contributed by atoms with Crippen molar-refractivity contribution >= 4 is 17.7 Å². The lowest BCUT2D eigenvalue weighted by molar-refractivity contribution is -0.145. The molecule has 0 aliphatic carbocycles. The SMILES string of the molecule is Cc1ccc(C(=O)[C@H](C)OC(=O)CNC(=O)c2ccc(-c3ccccc3)cc2)cc1. The molecule has 0 aromatic heterocycles. The number of rotatable bonds is 7. The van der Waals surface area contributed by atoms with Crippen LogP contribution in [0.2, 0.25) is 0 Å². The Bertz CT molecular complexity index is 1030. The predicted octanol–water partition coefficient (Wildman–Crippen LogP) is 4.21. The van der Waals surface area contributed by atoms with Gasteiger partial charge in [0.2, 0.25) is 5.78 Å². The molecule has 30 heavy (non-hydrogen) atoms. The van der Waals surface area contributed by atoms with Crippen LogP contribution in [0.3, 0.4) is 0 Å². The lowest BCUT2D eigenvalue weighted by Gasteiger charge is -2.13. The van der Waals surface area contributed by atoms with Crippen molar-refractivity contribution in [2.24, 2.45) is 0 Å². The van der Waals surface area contributed by atoms with Crippen LogP contribution in [0.1, 0.15) is 33.2 Å². The topological polar surface area (TPSA) is 72.5 Å². The molecule has 0 fully saturated rings. The van der Waals surface area contributed by atoms with Crippen molar-refractivity contribution in [3.63, 3.8) is 0 Å². The highest BCUT2D eigenvalue weighted by molar-refractivity contribution is 6.00. The number of carbonyl (C=O) groups is 3. The first kappa shape index (κ1) is 21.0. The van der Waals surface area contributed by atoms with Gasteiger partial charge in [0.25, 0.3) is 5.91 Å². The Morgan fingerprint density at radius 2 is 1.37 bits per heavy atom. The number of ether oxygens (including phenoxy) is 1. The fraction of sp³-hybridized carbons (Fsp3) is 0.160. The second-order valence-corrected chi connectivity index (χ2v) is 6.99. The lowest BCUT2D eigenvalue weighted by Crippen LogP contribution is -2.34. The van der Waals surface area contributed by atoms with Crippen LogP contribution in [0, 0.1) is 6.92 Å². The summed E-state index contributed by atoms with van der Waals surface area (Å²) in [6, 6.07) is 24.0. The normalized spacial score (nSPS) is 11.4. The van der Waals surface area contributed by atoms with E-state index in [1.807, 2.05) is 61.5 Å². The number of nitrogens with one attached hydrogen (secondary N) is 1. The highest BCUT2D eigenvalue weighted by Crippen LogP contribution is 2.19. The fourth-order valence-electron chi connectivity index (χ4n) is 2.94. The maximum Gasteiger partial charge on any atom is 0.326 e. The number of hydrogen-bond donors (Lipinski definition) is 1. The third kappa shape index (κ3) is 5.41. The van der Waals surface area contributed by atoms with E-state index in [0.717, 1.165) is 16.7 Å². The Labute approximate surface area is 175 Å². The summed E-state index contributed by atoms with van der Waals surface area (Å²) in [6.45, 7) is 3.13. The zero-order valence-corrected chi connectivity index (χ0v) is 16.9. The lowest BCUT2D eigenvalue weighted by atomic mass is 10.0. The van der Waals surface area contributed by atoms with Crippen LogP contribution >= 0.6 is 0 Å². The van der Waals surface area contributed by atoms with Gasteiger partial charge in [-0.3, -0.25) is 14.4 Å². The van der Waals surface area contributed by atoms with Gasteiger partial charge in [-0.25, -0.2) is 0 Å². The van der Waals surface area contributed by atoms with E-state index in [1.165, 1.54) is 6.92 Å². The average molecular weight is 401 g/mol. The van der Waals surface area contributed by atoms with Crippen LogP contribution in [-0.4, -0.2) is 30.3 Å². The zero-order valence-electron chi connectivity index (χ0n) is 16.9. The largest absolute Gasteiger partial charge is 0.453 e. The second kappa shape index (κ2) is 9.65. The van der Waals surface area contributed by atoms with E-state index in [-0.39, 0.29) is 18.2 Å². The first-order valence-corrected chi connectivity index (χ1v) is 9.68. The molecule has 0 saturated carbocycles. The Hall–Kier alpha value is -3.73. The van der Waals surface area contributed by atoms with Crippen molar-refractivity contribution in [1.82, 2.24) is 5.32 Å². The van der Waals surface area contributed by atoms with Crippen molar-refractivity contribution in [2.75, 3.05) is 6.54 Å². The number of carbonyl (C=O) groups excluding carboxylic acids is 3. The molecule has 3 rings (SSSR count). The maximum absolute atomic E-state index is 12.3. The quantitative estimate of drug-likeness (QED) is 0.476. The molecule has 5 nitrogen and oxygen atoms in total. The molecule has 0 unspecified atom stereocenters. The molecule has 0 heterocycles. The van der Waals surface area contributed by atoms with Crippen LogP contribution in [0.4, 0.5) is 0 Å². The smallest absolute Gasteiger partial charge is 0.326 e. The first-order chi connectivity index (χ1) is 14.4. The van der Waals surface area contributed by atoms with Gasteiger partial charge in [-0.1, -0.05) is 72.3 Å². The molecule has 0 saturated heterocycles. The summed E-state index contributed by atoms with van der Waals surface area (Å²) in [7, 11) is 0. The van der Waals surface area contributed by atoms with Gasteiger partial charge in [0, 0.05) is 11.1 Å². The van der Waals surface area contributed by atoms with E-state index in [0.29, 0.717) is 11.1 Å². The van der Waals surface area contributed by atoms with Crippen LogP contribution in [-0.2, 0) is 9.53 Å². The van der Waals surface area contributed by atoms with E-state index in [2.05, 4.69) is 5.32 Å². The number of Topliss-reactive ketones (excluding diaryl/α,β-unsaturated/α-hetero) is 1. The number of amides is 1. The van der Waals surface area contributed by atoms with Crippen LogP contribution in [0.25, 0.3) is 11.1 Å². The number of esters is 1. The summed E-state index contributed by atoms with van der Waals surface area (Å²) in [4.78, 5) is 36.6. The van der Waals surface area contributed by atoms with Crippen molar-refractivity contribution in [3.8, 4) is 11.1 Å². The molecule has 1 atom stereocenters. The molecule has 0 aliphatic heterocycles. The maximum atomic E-state index is 12.3. The number of ketones is 1. The van der Waals surface area contributed by atoms with Gasteiger partial charge in [-0.05, 0) is 37.1 Å². The van der Waals surface area contributed by atoms with E-state index in [1.54, 1.807) is 24.3 Å². The molecule has 0 bridgehead atoms. The Morgan fingerprint density at radius 3 is 2.00 bits per heavy atom. The van der Waals surface area contributed by atoms with Crippen molar-refractivity contribution in [3.05, 3.63) is 95.6 Å². The molecule has 0 spiro atoms. The highest BCUT2D eigenvalue weighted by atomic mass is 16.5. The third-order valence-electron chi connectivity index (χ3n) is 4.66. The van der Waals surface area contributed by atoms with E-state index in [9.17, 15) is 14.4 Å². The molecule has 3 aromatic rings. The number of aryl methyl sites for hydroxylation is 1. The van der Waals surface area contributed by atoms with Gasteiger partial charge in [0.05, 0.1) is 0 Å². The molecular weight excluding hydrogens is 378 g/mol. The third-order valence-corrected chi connectivity index (χ3v) is 4.66. The molecule has 5 heteroatoms. The van der Waals surface area contributed by atoms with Gasteiger partial charge in [-0.15, -0.1) is 0 Å². The van der Waals surface area contributed by atoms with Crippen molar-refractivity contribution in [2.45, 2.75) is 20.0 Å². The summed E-state index contributed by atoms with van der Waals surface area (Å²) in [6.07, 6.45) is -0.928. The molecule has 1 amide bonds. The van der Waals surface area contributed by atoms with Crippen molar-refractivity contribution in [1.29, 1.82) is 0 Å². The van der Waals surface area contributed by atoms with Gasteiger partial charge >= 0.3 is 5.97 Å². The average Bonchev–Trinajstić information content (AvgIpc) is 2.78. The number of hydrogen-bond acceptors (Lipinski definition) is 4. The number of benzene rings is 3. The molecule has 0 radical (unpaired) electrons. The van der Waals surface area contributed by atoms with Crippen LogP contribution in [0.15, 0.2) is 78.9 Å². The molecule has 1 N–H and O–H groups in total. The highest BCUT2D eigenvalue weighted by Gasteiger charge is 2.20. The molecular formula is C25H23NO4. The van der Waals surface area contributed by atoms with Crippen LogP contribution < -0.4 is 5.32 Å². The van der Waals surface area contributed by atoms with Crippen molar-refractivity contribution < 1.29 is 19.1 Å². The van der Waals surface area contributed by atoms with E-state index in [4.69, 9.17) is 4.74 Å². The molecule has 152 valence electrons. The second-order valence-electron chi connectivity index (χ2n) is 6.99. The summed E-state index contributed by atoms with van der Waals surface area (Å²) < 4.78 is 5.16. The summed E-state index contributed by atoms with van der Waals surface area (Å²) in [5, 5.41) is 2.52.